The minimum atomic E-state index is 0.137. The quantitative estimate of drug-likeness (QED) is 0.366. The fourth-order valence-corrected chi connectivity index (χ4v) is 5.27. The second-order valence-corrected chi connectivity index (χ2v) is 9.80. The summed E-state index contributed by atoms with van der Waals surface area (Å²) in [7, 11) is 7.46. The maximum absolute atomic E-state index is 5.61. The molecule has 2 aliphatic rings. The molecule has 0 saturated heterocycles. The van der Waals surface area contributed by atoms with Gasteiger partial charge in [-0.3, -0.25) is 15.0 Å². The smallest absolute Gasteiger partial charge is 0.124 e. The number of nitrogens with zero attached hydrogens (tertiary/aromatic N) is 7. The number of benzene rings is 2. The number of likely N-dealkylation sites (N-methyl/N-ethyl adjacent to an activating group) is 2. The van der Waals surface area contributed by atoms with Gasteiger partial charge in [0.15, 0.2) is 0 Å². The summed E-state index contributed by atoms with van der Waals surface area (Å²) in [5.41, 5.74) is 6.94. The summed E-state index contributed by atoms with van der Waals surface area (Å²) in [5, 5.41) is 6.30. The van der Waals surface area contributed by atoms with Crippen molar-refractivity contribution in [2.24, 2.45) is 5.10 Å². The Morgan fingerprint density at radius 1 is 0.947 bits per heavy atom. The molecule has 2 aromatic carbocycles. The highest BCUT2D eigenvalue weighted by atomic mass is 16.5. The third-order valence-electron chi connectivity index (χ3n) is 7.40. The van der Waals surface area contributed by atoms with Crippen molar-refractivity contribution < 1.29 is 9.47 Å². The summed E-state index contributed by atoms with van der Waals surface area (Å²) in [6, 6.07) is 16.6. The lowest BCUT2D eigenvalue weighted by molar-refractivity contribution is 0.380. The van der Waals surface area contributed by atoms with Gasteiger partial charge in [0.25, 0.3) is 0 Å². The van der Waals surface area contributed by atoms with Gasteiger partial charge in [-0.1, -0.05) is 0 Å². The number of anilines is 3. The molecule has 0 saturated carbocycles. The van der Waals surface area contributed by atoms with Gasteiger partial charge >= 0.3 is 0 Å². The van der Waals surface area contributed by atoms with Crippen molar-refractivity contribution >= 4 is 34.3 Å². The van der Waals surface area contributed by atoms with Gasteiger partial charge < -0.3 is 19.3 Å². The van der Waals surface area contributed by atoms with Crippen molar-refractivity contribution in [2.75, 3.05) is 51.2 Å². The van der Waals surface area contributed by atoms with Crippen LogP contribution in [-0.2, 0) is 6.42 Å². The van der Waals surface area contributed by atoms with E-state index >= 15 is 0 Å². The molecule has 0 radical (unpaired) electrons. The van der Waals surface area contributed by atoms with Crippen LogP contribution in [0.2, 0.25) is 0 Å². The Kier molecular flexibility index (Phi) is 6.19. The molecule has 2 unspecified atom stereocenters. The molecule has 0 fully saturated rings. The largest absolute Gasteiger partial charge is 0.497 e. The number of pyridine rings is 1. The van der Waals surface area contributed by atoms with Gasteiger partial charge in [0, 0.05) is 81.8 Å². The summed E-state index contributed by atoms with van der Waals surface area (Å²) in [5.74, 6) is 1.61. The van der Waals surface area contributed by atoms with Crippen molar-refractivity contribution in [3.8, 4) is 11.5 Å². The molecule has 9 heteroatoms. The van der Waals surface area contributed by atoms with Crippen LogP contribution in [0.3, 0.4) is 0 Å². The van der Waals surface area contributed by atoms with Gasteiger partial charge in [-0.15, -0.1) is 0 Å². The van der Waals surface area contributed by atoms with Crippen LogP contribution in [0.25, 0.3) is 11.0 Å². The van der Waals surface area contributed by atoms with Crippen molar-refractivity contribution in [1.82, 2.24) is 20.0 Å². The fourth-order valence-electron chi connectivity index (χ4n) is 5.27. The lowest BCUT2D eigenvalue weighted by Crippen LogP contribution is -2.38. The second kappa shape index (κ2) is 9.81. The Labute approximate surface area is 222 Å². The number of hydrogen-bond donors (Lipinski definition) is 0. The van der Waals surface area contributed by atoms with Crippen molar-refractivity contribution in [2.45, 2.75) is 18.4 Å². The average Bonchev–Trinajstić information content (AvgIpc) is 3.53. The standard InChI is InChI=1S/C29H31N7O2/c1-34-17-19(15-32-34)28-16-31-25-8-7-20(12-26(25)33-28)36(21-10-23(37-3)14-24(11-21)38-4)18-22-13-27-29(35(22)2)6-5-9-30-27/h5-12,14-16,19,22H,13,17-18H2,1-4H3. The van der Waals surface area contributed by atoms with Crippen LogP contribution >= 0.6 is 0 Å². The Bertz CT molecular complexity index is 1490. The highest BCUT2D eigenvalue weighted by molar-refractivity contribution is 5.82. The lowest BCUT2D eigenvalue weighted by atomic mass is 10.1. The zero-order chi connectivity index (χ0) is 26.2. The van der Waals surface area contributed by atoms with E-state index in [0.717, 1.165) is 64.8 Å². The Hall–Kier alpha value is -4.40. The van der Waals surface area contributed by atoms with E-state index in [4.69, 9.17) is 19.4 Å². The van der Waals surface area contributed by atoms with Crippen LogP contribution in [0.5, 0.6) is 11.5 Å². The van der Waals surface area contributed by atoms with Gasteiger partial charge in [-0.2, -0.15) is 5.10 Å². The van der Waals surface area contributed by atoms with E-state index in [1.165, 1.54) is 5.69 Å². The van der Waals surface area contributed by atoms with E-state index < -0.39 is 0 Å². The van der Waals surface area contributed by atoms with Gasteiger partial charge in [0.1, 0.15) is 11.5 Å². The van der Waals surface area contributed by atoms with Crippen molar-refractivity contribution in [3.05, 3.63) is 72.3 Å². The minimum absolute atomic E-state index is 0.137. The highest BCUT2D eigenvalue weighted by Gasteiger charge is 2.30. The summed E-state index contributed by atoms with van der Waals surface area (Å²) < 4.78 is 11.2. The summed E-state index contributed by atoms with van der Waals surface area (Å²) >= 11 is 0. The Morgan fingerprint density at radius 3 is 2.47 bits per heavy atom. The first-order valence-electron chi connectivity index (χ1n) is 12.7. The molecule has 4 aromatic rings. The van der Waals surface area contributed by atoms with Crippen LogP contribution < -0.4 is 19.3 Å². The predicted octanol–water partition coefficient (Wildman–Crippen LogP) is 4.26. The molecule has 0 amide bonds. The number of fused-ring (bicyclic) bond motifs is 2. The minimum Gasteiger partial charge on any atom is -0.497 e. The molecule has 2 atom stereocenters. The SMILES string of the molecule is COc1cc(OC)cc(N(CC2Cc3ncccc3N2C)c2ccc3ncc(C4C=NN(C)C4)nc3c2)c1. The van der Waals surface area contributed by atoms with Gasteiger partial charge in [-0.25, -0.2) is 4.98 Å². The molecular formula is C29H31N7O2. The van der Waals surface area contributed by atoms with E-state index in [1.807, 2.05) is 61.0 Å². The number of methoxy groups -OCH3 is 2. The first-order chi connectivity index (χ1) is 18.5. The summed E-state index contributed by atoms with van der Waals surface area (Å²) in [4.78, 5) is 19.0. The van der Waals surface area contributed by atoms with E-state index in [-0.39, 0.29) is 12.0 Å². The number of aromatic nitrogens is 3. The number of hydrogen-bond acceptors (Lipinski definition) is 9. The molecule has 0 bridgehead atoms. The van der Waals surface area contributed by atoms with E-state index in [2.05, 4.69) is 45.1 Å². The van der Waals surface area contributed by atoms with E-state index in [0.29, 0.717) is 0 Å². The molecule has 9 nitrogen and oxygen atoms in total. The molecule has 6 rings (SSSR count). The van der Waals surface area contributed by atoms with E-state index in [1.54, 1.807) is 14.2 Å². The highest BCUT2D eigenvalue weighted by Crippen LogP contribution is 2.37. The lowest BCUT2D eigenvalue weighted by Gasteiger charge is -2.32. The summed E-state index contributed by atoms with van der Waals surface area (Å²) in [6.45, 7) is 1.54. The molecule has 194 valence electrons. The maximum Gasteiger partial charge on any atom is 0.124 e. The zero-order valence-corrected chi connectivity index (χ0v) is 22.1. The van der Waals surface area contributed by atoms with Crippen LogP contribution in [0.15, 0.2) is 66.0 Å². The topological polar surface area (TPSA) is 79.2 Å². The van der Waals surface area contributed by atoms with Crippen LogP contribution in [0.4, 0.5) is 17.1 Å². The second-order valence-electron chi connectivity index (χ2n) is 9.80. The van der Waals surface area contributed by atoms with Crippen molar-refractivity contribution in [3.63, 3.8) is 0 Å². The molecule has 2 aliphatic heterocycles. The normalized spacial score (nSPS) is 18.2. The Balaban J connectivity index is 1.41. The number of hydrazone groups is 1. The summed E-state index contributed by atoms with van der Waals surface area (Å²) in [6.07, 6.45) is 6.54. The van der Waals surface area contributed by atoms with E-state index in [9.17, 15) is 0 Å². The predicted molar refractivity (Wildman–Crippen MR) is 150 cm³/mol. The van der Waals surface area contributed by atoms with Crippen LogP contribution in [0.1, 0.15) is 17.3 Å². The van der Waals surface area contributed by atoms with Crippen molar-refractivity contribution in [1.29, 1.82) is 0 Å². The first kappa shape index (κ1) is 24.0. The average molecular weight is 510 g/mol. The molecule has 38 heavy (non-hydrogen) atoms. The fraction of sp³-hybridized carbons (Fsp3) is 0.310. The molecule has 0 spiro atoms. The van der Waals surface area contributed by atoms with Crippen LogP contribution in [-0.4, -0.2) is 73.6 Å². The number of ether oxygens (including phenoxy) is 2. The third-order valence-corrected chi connectivity index (χ3v) is 7.40. The Morgan fingerprint density at radius 2 is 1.76 bits per heavy atom. The number of rotatable bonds is 7. The monoisotopic (exact) mass is 509 g/mol. The maximum atomic E-state index is 5.61. The van der Waals surface area contributed by atoms with Crippen LogP contribution in [0, 0.1) is 0 Å². The molecule has 0 N–H and O–H groups in total. The molecule has 0 aliphatic carbocycles. The van der Waals surface area contributed by atoms with Gasteiger partial charge in [0.05, 0.1) is 54.3 Å². The molecular weight excluding hydrogens is 478 g/mol. The molecule has 4 heterocycles. The zero-order valence-electron chi connectivity index (χ0n) is 22.1. The first-order valence-corrected chi connectivity index (χ1v) is 12.7. The third kappa shape index (κ3) is 4.44. The van der Waals surface area contributed by atoms with Gasteiger partial charge in [-0.05, 0) is 30.3 Å². The molecule has 2 aromatic heterocycles. The van der Waals surface area contributed by atoms with Gasteiger partial charge in [0.2, 0.25) is 0 Å².